The van der Waals surface area contributed by atoms with Crippen molar-refractivity contribution in [3.63, 3.8) is 0 Å². The third-order valence-electron chi connectivity index (χ3n) is 7.35. The van der Waals surface area contributed by atoms with Gasteiger partial charge in [0.2, 0.25) is 12.3 Å². The Morgan fingerprint density at radius 3 is 1.73 bits per heavy atom. The van der Waals surface area contributed by atoms with Crippen LogP contribution in [0.2, 0.25) is 36.3 Å². The number of carbonyl (C=O) groups is 3. The summed E-state index contributed by atoms with van der Waals surface area (Å²) in [5.41, 5.74) is 0. The molecule has 3 unspecified atom stereocenters. The Morgan fingerprint density at radius 2 is 1.36 bits per heavy atom. The summed E-state index contributed by atoms with van der Waals surface area (Å²) in [7, 11) is -4.40. The summed E-state index contributed by atoms with van der Waals surface area (Å²) < 4.78 is 19.8. The maximum absolute atomic E-state index is 12.2. The first kappa shape index (κ1) is 29.8. The molecule has 0 radical (unpaired) electrons. The summed E-state index contributed by atoms with van der Waals surface area (Å²) in [4.78, 5) is 35.4. The zero-order valence-electron chi connectivity index (χ0n) is 21.3. The van der Waals surface area contributed by atoms with Gasteiger partial charge in [0, 0.05) is 13.5 Å². The molecule has 0 saturated carbocycles. The molecule has 33 heavy (non-hydrogen) atoms. The lowest BCUT2D eigenvalue weighted by molar-refractivity contribution is -0.193. The second kappa shape index (κ2) is 13.6. The van der Waals surface area contributed by atoms with Gasteiger partial charge in [0.05, 0.1) is 12.1 Å². The van der Waals surface area contributed by atoms with Gasteiger partial charge in [0.1, 0.15) is 12.2 Å². The van der Waals surface area contributed by atoms with Gasteiger partial charge in [-0.25, -0.2) is 4.79 Å². The van der Waals surface area contributed by atoms with E-state index in [1.807, 2.05) is 0 Å². The van der Waals surface area contributed by atoms with Crippen LogP contribution in [0.4, 0.5) is 0 Å². The van der Waals surface area contributed by atoms with E-state index in [1.165, 1.54) is 6.92 Å². The maximum Gasteiger partial charge on any atom is 0.335 e. The fraction of sp³-hybridized carbons (Fsp3) is 0.864. The van der Waals surface area contributed by atoms with Gasteiger partial charge >= 0.3 is 5.97 Å². The second-order valence-corrected chi connectivity index (χ2v) is 18.3. The Bertz CT molecular complexity index is 628. The summed E-state index contributed by atoms with van der Waals surface area (Å²) in [6.07, 6.45) is -2.74. The molecule has 1 heterocycles. The van der Waals surface area contributed by atoms with Crippen molar-refractivity contribution in [2.45, 2.75) is 115 Å². The molecule has 2 amide bonds. The highest BCUT2D eigenvalue weighted by atomic mass is 28.4. The maximum atomic E-state index is 12.2. The summed E-state index contributed by atoms with van der Waals surface area (Å²) in [5, 5.41) is 15.4. The predicted octanol–water partition coefficient (Wildman–Crippen LogP) is 2.87. The van der Waals surface area contributed by atoms with Crippen molar-refractivity contribution >= 4 is 34.9 Å². The number of hydrogen-bond acceptors (Lipinski definition) is 6. The van der Waals surface area contributed by atoms with Crippen LogP contribution in [0.5, 0.6) is 0 Å². The zero-order valence-corrected chi connectivity index (χ0v) is 23.3. The first-order valence-corrected chi connectivity index (χ1v) is 17.4. The number of carboxylic acid groups (broad SMARTS) is 1. The Kier molecular flexibility index (Phi) is 12.2. The number of hydrogen-bond donors (Lipinski definition) is 3. The lowest BCUT2D eigenvalue weighted by atomic mass is 9.92. The number of carboxylic acids is 1. The molecule has 9 nitrogen and oxygen atoms in total. The topological polar surface area (TPSA) is 123 Å². The van der Waals surface area contributed by atoms with Gasteiger partial charge < -0.3 is 29.3 Å². The smallest absolute Gasteiger partial charge is 0.335 e. The van der Waals surface area contributed by atoms with Crippen LogP contribution in [0.3, 0.4) is 0 Å². The van der Waals surface area contributed by atoms with Crippen LogP contribution < -0.4 is 10.6 Å². The molecule has 0 spiro atoms. The number of nitrogens with one attached hydrogen (secondary N) is 2. The van der Waals surface area contributed by atoms with Crippen molar-refractivity contribution < 1.29 is 33.1 Å². The Balaban J connectivity index is 3.64. The molecule has 1 saturated heterocycles. The van der Waals surface area contributed by atoms with E-state index < -0.39 is 53.1 Å². The van der Waals surface area contributed by atoms with E-state index in [0.29, 0.717) is 6.41 Å². The van der Waals surface area contributed by atoms with Crippen molar-refractivity contribution in [1.82, 2.24) is 10.6 Å². The highest BCUT2D eigenvalue weighted by Crippen LogP contribution is 2.35. The van der Waals surface area contributed by atoms with Gasteiger partial charge in [-0.15, -0.1) is 0 Å². The normalized spacial score (nSPS) is 26.0. The van der Waals surface area contributed by atoms with E-state index in [2.05, 4.69) is 52.2 Å². The van der Waals surface area contributed by atoms with Crippen molar-refractivity contribution in [2.24, 2.45) is 0 Å². The van der Waals surface area contributed by atoms with Crippen LogP contribution in [-0.2, 0) is 28.0 Å². The average Bonchev–Trinajstić information content (AvgIpc) is 2.81. The van der Waals surface area contributed by atoms with Gasteiger partial charge in [-0.3, -0.25) is 9.59 Å². The van der Waals surface area contributed by atoms with Gasteiger partial charge in [-0.2, -0.15) is 0 Å². The fourth-order valence-corrected chi connectivity index (χ4v) is 10.5. The van der Waals surface area contributed by atoms with Crippen LogP contribution in [0.1, 0.15) is 48.5 Å². The lowest BCUT2D eigenvalue weighted by Crippen LogP contribution is -2.70. The van der Waals surface area contributed by atoms with Crippen LogP contribution in [-0.4, -0.2) is 77.0 Å². The molecule has 0 aromatic rings. The summed E-state index contributed by atoms with van der Waals surface area (Å²) in [5.74, 6) is -1.54. The van der Waals surface area contributed by atoms with E-state index in [0.717, 1.165) is 36.3 Å². The van der Waals surface area contributed by atoms with Crippen LogP contribution in [0.25, 0.3) is 0 Å². The van der Waals surface area contributed by atoms with Gasteiger partial charge in [-0.1, -0.05) is 41.5 Å². The molecule has 0 aromatic heterocycles. The molecular formula is C22H44N2O7Si2. The SMILES string of the molecule is CC[Si](CC)(CC)O[C@@H]1C(CNC=O)OC(C(=O)O)C(NC(C)=O)[C@H]1O[Si](CC)(CC)CC. The third kappa shape index (κ3) is 7.35. The summed E-state index contributed by atoms with van der Waals surface area (Å²) in [6, 6.07) is 4.37. The lowest BCUT2D eigenvalue weighted by Gasteiger charge is -2.50. The predicted molar refractivity (Wildman–Crippen MR) is 132 cm³/mol. The summed E-state index contributed by atoms with van der Waals surface area (Å²) in [6.45, 7) is 14.1. The van der Waals surface area contributed by atoms with Crippen LogP contribution in [0.15, 0.2) is 0 Å². The molecule has 1 aliphatic rings. The Hall–Kier alpha value is -1.28. The minimum Gasteiger partial charge on any atom is -0.479 e. The number of aliphatic carboxylic acids is 1. The van der Waals surface area contributed by atoms with Gasteiger partial charge in [0.15, 0.2) is 22.7 Å². The van der Waals surface area contributed by atoms with Crippen molar-refractivity contribution in [3.8, 4) is 0 Å². The molecule has 1 fully saturated rings. The molecule has 5 atom stereocenters. The largest absolute Gasteiger partial charge is 0.479 e. The minimum absolute atomic E-state index is 0.102. The molecule has 1 aliphatic heterocycles. The molecule has 3 N–H and O–H groups in total. The fourth-order valence-electron chi connectivity index (χ4n) is 4.73. The Morgan fingerprint density at radius 1 is 0.909 bits per heavy atom. The highest BCUT2D eigenvalue weighted by molar-refractivity contribution is 6.74. The minimum atomic E-state index is -2.22. The zero-order chi connectivity index (χ0) is 25.2. The Labute approximate surface area is 200 Å². The van der Waals surface area contributed by atoms with E-state index in [9.17, 15) is 19.5 Å². The molecule has 0 aliphatic carbocycles. The van der Waals surface area contributed by atoms with E-state index >= 15 is 0 Å². The summed E-state index contributed by atoms with van der Waals surface area (Å²) >= 11 is 0. The number of ether oxygens (including phenoxy) is 1. The first-order chi connectivity index (χ1) is 15.6. The average molecular weight is 505 g/mol. The number of carbonyl (C=O) groups excluding carboxylic acids is 2. The highest BCUT2D eigenvalue weighted by Gasteiger charge is 2.54. The van der Waals surface area contributed by atoms with Gasteiger partial charge in [-0.05, 0) is 36.3 Å². The van der Waals surface area contributed by atoms with Crippen LogP contribution in [0, 0.1) is 0 Å². The molecule has 0 bridgehead atoms. The molecule has 192 valence electrons. The van der Waals surface area contributed by atoms with E-state index in [1.54, 1.807) is 0 Å². The van der Waals surface area contributed by atoms with Crippen LogP contribution >= 0.6 is 0 Å². The third-order valence-corrected chi connectivity index (χ3v) is 16.6. The number of amides is 2. The van der Waals surface area contributed by atoms with Crippen molar-refractivity contribution in [2.75, 3.05) is 6.54 Å². The van der Waals surface area contributed by atoms with Gasteiger partial charge in [0.25, 0.3) is 0 Å². The number of rotatable bonds is 15. The molecular weight excluding hydrogens is 460 g/mol. The molecule has 1 rings (SSSR count). The molecule has 0 aromatic carbocycles. The standard InChI is InChI=1S/C22H44N2O7Si2/c1-8-32(9-2,10-3)30-19-17(14-23-15-25)29-21(22(27)28)18(24-16(7)26)20(19)31-33(11-4,12-5)13-6/h15,17-21H,8-14H2,1-7H3,(H,23,25)(H,24,26)(H,27,28)/t17?,18?,19-,20-,21?/m1/s1. The van der Waals surface area contributed by atoms with E-state index in [4.69, 9.17) is 13.6 Å². The monoisotopic (exact) mass is 504 g/mol. The first-order valence-electron chi connectivity index (χ1n) is 12.3. The van der Waals surface area contributed by atoms with Crippen molar-refractivity contribution in [3.05, 3.63) is 0 Å². The molecule has 11 heteroatoms. The van der Waals surface area contributed by atoms with E-state index in [-0.39, 0.29) is 12.5 Å². The quantitative estimate of drug-likeness (QED) is 0.231. The second-order valence-electron chi connectivity index (χ2n) is 8.84. The van der Waals surface area contributed by atoms with Crippen molar-refractivity contribution in [1.29, 1.82) is 0 Å².